The smallest absolute Gasteiger partial charge is 0.334 e. The van der Waals surface area contributed by atoms with E-state index in [4.69, 9.17) is 11.6 Å². The molecule has 0 bridgehead atoms. The van der Waals surface area contributed by atoms with Crippen LogP contribution in [-0.4, -0.2) is 29.3 Å². The van der Waals surface area contributed by atoms with E-state index < -0.39 is 0 Å². The predicted octanol–water partition coefficient (Wildman–Crippen LogP) is 4.80. The second kappa shape index (κ2) is 7.50. The van der Waals surface area contributed by atoms with Gasteiger partial charge in [-0.25, -0.2) is 9.80 Å². The summed E-state index contributed by atoms with van der Waals surface area (Å²) in [5.41, 5.74) is 3.08. The van der Waals surface area contributed by atoms with Crippen molar-refractivity contribution in [3.05, 3.63) is 70.7 Å². The van der Waals surface area contributed by atoms with Gasteiger partial charge in [0.15, 0.2) is 0 Å². The van der Waals surface area contributed by atoms with Crippen molar-refractivity contribution in [3.8, 4) is 0 Å². The van der Waals surface area contributed by atoms with Crippen LogP contribution >= 0.6 is 11.6 Å². The van der Waals surface area contributed by atoms with Crippen LogP contribution in [-0.2, 0) is 0 Å². The van der Waals surface area contributed by atoms with Crippen molar-refractivity contribution in [2.24, 2.45) is 5.10 Å². The normalized spacial score (nSPS) is 20.3. The molecular weight excluding hydrogens is 346 g/mol. The highest BCUT2D eigenvalue weighted by molar-refractivity contribution is 6.30. The molecule has 2 amide bonds. The first-order valence-corrected chi connectivity index (χ1v) is 9.56. The van der Waals surface area contributed by atoms with Gasteiger partial charge in [0, 0.05) is 17.0 Å². The summed E-state index contributed by atoms with van der Waals surface area (Å²) >= 11 is 6.03. The summed E-state index contributed by atoms with van der Waals surface area (Å²) in [7, 11) is 0. The molecule has 2 aromatic carbocycles. The first kappa shape index (κ1) is 17.1. The summed E-state index contributed by atoms with van der Waals surface area (Å²) in [6, 6.07) is 18.1. The number of hydrogen-bond acceptors (Lipinski definition) is 2. The molecule has 26 heavy (non-hydrogen) atoms. The lowest BCUT2D eigenvalue weighted by Gasteiger charge is -2.18. The maximum atomic E-state index is 12.7. The van der Waals surface area contributed by atoms with Crippen molar-refractivity contribution in [2.75, 3.05) is 6.54 Å². The molecule has 134 valence electrons. The van der Waals surface area contributed by atoms with E-state index in [1.807, 2.05) is 42.5 Å². The number of urea groups is 1. The third-order valence-corrected chi connectivity index (χ3v) is 5.43. The fourth-order valence-corrected chi connectivity index (χ4v) is 3.90. The summed E-state index contributed by atoms with van der Waals surface area (Å²) in [6.45, 7) is 0.556. The zero-order valence-electron chi connectivity index (χ0n) is 14.6. The lowest BCUT2D eigenvalue weighted by atomic mass is 9.91. The number of benzene rings is 2. The fourth-order valence-electron chi connectivity index (χ4n) is 3.78. The molecule has 1 aliphatic heterocycles. The summed E-state index contributed by atoms with van der Waals surface area (Å²) in [6.07, 6.45) is 4.51. The molecule has 1 heterocycles. The van der Waals surface area contributed by atoms with E-state index in [1.165, 1.54) is 12.8 Å². The molecule has 2 aromatic rings. The van der Waals surface area contributed by atoms with Crippen LogP contribution in [0.4, 0.5) is 4.79 Å². The third-order valence-electron chi connectivity index (χ3n) is 5.17. The second-order valence-electron chi connectivity index (χ2n) is 6.97. The highest BCUT2D eigenvalue weighted by Gasteiger charge is 2.33. The van der Waals surface area contributed by atoms with E-state index in [0.717, 1.165) is 29.7 Å². The molecule has 1 aliphatic carbocycles. The van der Waals surface area contributed by atoms with E-state index in [1.54, 1.807) is 5.01 Å². The van der Waals surface area contributed by atoms with Crippen LogP contribution in [0.25, 0.3) is 0 Å². The number of carbonyl (C=O) groups excluding carboxylic acids is 1. The molecule has 0 saturated heterocycles. The molecule has 4 nitrogen and oxygen atoms in total. The third kappa shape index (κ3) is 3.61. The zero-order valence-corrected chi connectivity index (χ0v) is 15.3. The molecular formula is C21H22ClN3O. The van der Waals surface area contributed by atoms with Gasteiger partial charge in [-0.15, -0.1) is 0 Å². The Labute approximate surface area is 158 Å². The molecule has 1 atom stereocenters. The zero-order chi connectivity index (χ0) is 17.9. The van der Waals surface area contributed by atoms with Crippen LogP contribution in [0.1, 0.15) is 42.7 Å². The predicted molar refractivity (Wildman–Crippen MR) is 105 cm³/mol. The Kier molecular flexibility index (Phi) is 4.93. The molecule has 1 fully saturated rings. The molecule has 2 aliphatic rings. The summed E-state index contributed by atoms with van der Waals surface area (Å²) in [5.74, 6) is 0.0618. The fraction of sp³-hybridized carbons (Fsp3) is 0.333. The van der Waals surface area contributed by atoms with Gasteiger partial charge in [0.25, 0.3) is 0 Å². The Morgan fingerprint density at radius 1 is 1.04 bits per heavy atom. The number of carbonyl (C=O) groups is 1. The van der Waals surface area contributed by atoms with Gasteiger partial charge in [0.2, 0.25) is 0 Å². The highest BCUT2D eigenvalue weighted by atomic mass is 35.5. The summed E-state index contributed by atoms with van der Waals surface area (Å²) in [5, 5.41) is 10.1. The van der Waals surface area contributed by atoms with E-state index in [9.17, 15) is 4.79 Å². The number of rotatable bonds is 3. The largest absolute Gasteiger partial charge is 0.338 e. The number of hydrogen-bond donors (Lipinski definition) is 1. The van der Waals surface area contributed by atoms with Gasteiger partial charge < -0.3 is 5.32 Å². The van der Waals surface area contributed by atoms with E-state index in [-0.39, 0.29) is 18.0 Å². The van der Waals surface area contributed by atoms with Gasteiger partial charge in [0.05, 0.1) is 12.3 Å². The number of amides is 2. The van der Waals surface area contributed by atoms with Gasteiger partial charge in [-0.05, 0) is 36.1 Å². The van der Waals surface area contributed by atoms with E-state index in [0.29, 0.717) is 11.6 Å². The summed E-state index contributed by atoms with van der Waals surface area (Å²) in [4.78, 5) is 12.7. The first-order chi connectivity index (χ1) is 12.7. The van der Waals surface area contributed by atoms with Crippen molar-refractivity contribution in [1.29, 1.82) is 0 Å². The number of hydrazone groups is 1. The monoisotopic (exact) mass is 367 g/mol. The molecule has 1 saturated carbocycles. The minimum Gasteiger partial charge on any atom is -0.334 e. The van der Waals surface area contributed by atoms with Gasteiger partial charge >= 0.3 is 6.03 Å². The quantitative estimate of drug-likeness (QED) is 0.832. The van der Waals surface area contributed by atoms with Crippen LogP contribution in [0, 0.1) is 0 Å². The molecule has 0 spiro atoms. The van der Waals surface area contributed by atoms with Gasteiger partial charge in [-0.3, -0.25) is 0 Å². The SMILES string of the molecule is O=C(NC1CCCC1)N1C[C@H](c2ccccc2)C(c2ccc(Cl)cc2)=N1. The van der Waals surface area contributed by atoms with Gasteiger partial charge in [-0.2, -0.15) is 5.10 Å². The van der Waals surface area contributed by atoms with Crippen molar-refractivity contribution < 1.29 is 4.79 Å². The second-order valence-corrected chi connectivity index (χ2v) is 7.40. The Morgan fingerprint density at radius 3 is 2.42 bits per heavy atom. The maximum absolute atomic E-state index is 12.7. The Bertz CT molecular complexity index is 798. The van der Waals surface area contributed by atoms with Crippen molar-refractivity contribution in [3.63, 3.8) is 0 Å². The lowest BCUT2D eigenvalue weighted by molar-refractivity contribution is 0.200. The average molecular weight is 368 g/mol. The van der Waals surface area contributed by atoms with Crippen molar-refractivity contribution in [2.45, 2.75) is 37.6 Å². The minimum absolute atomic E-state index is 0.0618. The van der Waals surface area contributed by atoms with E-state index in [2.05, 4.69) is 22.6 Å². The van der Waals surface area contributed by atoms with Crippen LogP contribution in [0.3, 0.4) is 0 Å². The molecule has 0 radical (unpaired) electrons. The van der Waals surface area contributed by atoms with Gasteiger partial charge in [0.1, 0.15) is 0 Å². The number of halogens is 1. The number of nitrogens with zero attached hydrogens (tertiary/aromatic N) is 2. The average Bonchev–Trinajstić information content (AvgIpc) is 3.33. The summed E-state index contributed by atoms with van der Waals surface area (Å²) < 4.78 is 0. The molecule has 0 aromatic heterocycles. The van der Waals surface area contributed by atoms with Gasteiger partial charge in [-0.1, -0.05) is 66.9 Å². The first-order valence-electron chi connectivity index (χ1n) is 9.18. The van der Waals surface area contributed by atoms with Crippen LogP contribution in [0.2, 0.25) is 5.02 Å². The van der Waals surface area contributed by atoms with Crippen molar-refractivity contribution in [1.82, 2.24) is 10.3 Å². The van der Waals surface area contributed by atoms with E-state index >= 15 is 0 Å². The highest BCUT2D eigenvalue weighted by Crippen LogP contribution is 2.29. The molecule has 0 unspecified atom stereocenters. The Balaban J connectivity index is 1.61. The Hall–Kier alpha value is -2.33. The van der Waals surface area contributed by atoms with Crippen molar-refractivity contribution >= 4 is 23.3 Å². The maximum Gasteiger partial charge on any atom is 0.338 e. The molecule has 5 heteroatoms. The van der Waals surface area contributed by atoms with Crippen LogP contribution in [0.15, 0.2) is 59.7 Å². The molecule has 4 rings (SSSR count). The topological polar surface area (TPSA) is 44.7 Å². The number of nitrogens with one attached hydrogen (secondary N) is 1. The van der Waals surface area contributed by atoms with Crippen LogP contribution < -0.4 is 5.32 Å². The Morgan fingerprint density at radius 2 is 1.73 bits per heavy atom. The van der Waals surface area contributed by atoms with Crippen LogP contribution in [0.5, 0.6) is 0 Å². The molecule has 1 N–H and O–H groups in total. The minimum atomic E-state index is -0.0956. The lowest BCUT2D eigenvalue weighted by Crippen LogP contribution is -2.41. The standard InChI is InChI=1S/C21H22ClN3O/c22-17-12-10-16(11-13-17)20-19(15-6-2-1-3-7-15)14-25(24-20)21(26)23-18-8-4-5-9-18/h1-3,6-7,10-13,18-19H,4-5,8-9,14H2,(H,23,26)/t19-/m1/s1.